The third-order valence-electron chi connectivity index (χ3n) is 5.09. The lowest BCUT2D eigenvalue weighted by Gasteiger charge is -2.12. The van der Waals surface area contributed by atoms with E-state index in [1.54, 1.807) is 29.6 Å². The van der Waals surface area contributed by atoms with E-state index in [4.69, 9.17) is 0 Å². The molecule has 0 saturated carbocycles. The number of aromatic nitrogens is 3. The van der Waals surface area contributed by atoms with Gasteiger partial charge in [-0.3, -0.25) is 23.5 Å². The molecule has 162 valence electrons. The summed E-state index contributed by atoms with van der Waals surface area (Å²) in [6, 6.07) is 14.0. The Morgan fingerprint density at radius 2 is 1.69 bits per heavy atom. The molecule has 1 amide bonds. The minimum Gasteiger partial charge on any atom is -0.325 e. The van der Waals surface area contributed by atoms with Gasteiger partial charge in [-0.2, -0.15) is 4.37 Å². The number of carbonyl (C=O) groups is 2. The van der Waals surface area contributed by atoms with Crippen LogP contribution in [-0.4, -0.2) is 25.2 Å². The van der Waals surface area contributed by atoms with Crippen molar-refractivity contribution in [1.82, 2.24) is 13.5 Å². The van der Waals surface area contributed by atoms with Gasteiger partial charge < -0.3 is 5.32 Å². The SMILES string of the molecule is CC(=O)c1ccc(NC(=O)Cn2c(=O)n(Cc3ccc(C)cc3)c(=O)c3nscc32)cc1. The highest BCUT2D eigenvalue weighted by atomic mass is 32.1. The van der Waals surface area contributed by atoms with Crippen molar-refractivity contribution in [2.45, 2.75) is 26.9 Å². The average Bonchev–Trinajstić information content (AvgIpc) is 3.26. The molecule has 2 aromatic carbocycles. The van der Waals surface area contributed by atoms with Gasteiger partial charge in [-0.15, -0.1) is 0 Å². The van der Waals surface area contributed by atoms with E-state index in [2.05, 4.69) is 9.69 Å². The van der Waals surface area contributed by atoms with Crippen LogP contribution in [0.2, 0.25) is 0 Å². The predicted molar refractivity (Wildman–Crippen MR) is 123 cm³/mol. The second kappa shape index (κ2) is 8.72. The average molecular weight is 449 g/mol. The summed E-state index contributed by atoms with van der Waals surface area (Å²) < 4.78 is 6.50. The normalized spacial score (nSPS) is 10.9. The molecule has 0 spiro atoms. The summed E-state index contributed by atoms with van der Waals surface area (Å²) in [7, 11) is 0. The minimum atomic E-state index is -0.578. The molecule has 0 aliphatic carbocycles. The first kappa shape index (κ1) is 21.4. The lowest BCUT2D eigenvalue weighted by atomic mass is 10.1. The largest absolute Gasteiger partial charge is 0.332 e. The van der Waals surface area contributed by atoms with Crippen LogP contribution in [0.5, 0.6) is 0 Å². The smallest absolute Gasteiger partial charge is 0.325 e. The number of nitrogens with zero attached hydrogens (tertiary/aromatic N) is 3. The van der Waals surface area contributed by atoms with E-state index < -0.39 is 17.2 Å². The molecule has 0 saturated heterocycles. The molecule has 0 aliphatic rings. The second-order valence-electron chi connectivity index (χ2n) is 7.48. The van der Waals surface area contributed by atoms with Gasteiger partial charge in [0, 0.05) is 16.6 Å². The number of ketones is 1. The Morgan fingerprint density at radius 1 is 1.00 bits per heavy atom. The molecule has 0 radical (unpaired) electrons. The molecule has 0 unspecified atom stereocenters. The van der Waals surface area contributed by atoms with Gasteiger partial charge in [0.15, 0.2) is 11.3 Å². The first-order chi connectivity index (χ1) is 15.3. The number of hydrogen-bond acceptors (Lipinski definition) is 6. The standard InChI is InChI=1S/C23H20N4O4S/c1-14-3-5-16(6-4-14)11-27-22(30)21-19(13-32-25-21)26(23(27)31)12-20(29)24-18-9-7-17(8-10-18)15(2)28/h3-10,13H,11-12H2,1-2H3,(H,24,29). The van der Waals surface area contributed by atoms with E-state index in [1.807, 2.05) is 31.2 Å². The summed E-state index contributed by atoms with van der Waals surface area (Å²) >= 11 is 1.06. The van der Waals surface area contributed by atoms with E-state index in [-0.39, 0.29) is 24.4 Å². The van der Waals surface area contributed by atoms with Gasteiger partial charge in [-0.05, 0) is 55.2 Å². The zero-order valence-electron chi connectivity index (χ0n) is 17.5. The molecule has 2 heterocycles. The molecule has 0 fully saturated rings. The van der Waals surface area contributed by atoms with Crippen molar-refractivity contribution in [2.75, 3.05) is 5.32 Å². The molecule has 0 atom stereocenters. The third-order valence-corrected chi connectivity index (χ3v) is 5.71. The molecule has 8 nitrogen and oxygen atoms in total. The maximum atomic E-state index is 13.2. The number of fused-ring (bicyclic) bond motifs is 1. The zero-order valence-corrected chi connectivity index (χ0v) is 18.3. The monoisotopic (exact) mass is 448 g/mol. The summed E-state index contributed by atoms with van der Waals surface area (Å²) in [6.45, 7) is 3.22. The van der Waals surface area contributed by atoms with Gasteiger partial charge in [0.1, 0.15) is 6.54 Å². The summed E-state index contributed by atoms with van der Waals surface area (Å²) in [4.78, 5) is 50.1. The molecule has 1 N–H and O–H groups in total. The molecule has 32 heavy (non-hydrogen) atoms. The van der Waals surface area contributed by atoms with Crippen LogP contribution in [0.4, 0.5) is 5.69 Å². The van der Waals surface area contributed by atoms with Gasteiger partial charge in [-0.1, -0.05) is 29.8 Å². The Bertz CT molecular complexity index is 1430. The Labute approximate surface area is 186 Å². The molecule has 2 aromatic heterocycles. The number of amides is 1. The fourth-order valence-electron chi connectivity index (χ4n) is 3.34. The predicted octanol–water partition coefficient (Wildman–Crippen LogP) is 2.82. The van der Waals surface area contributed by atoms with Gasteiger partial charge in [-0.25, -0.2) is 4.79 Å². The van der Waals surface area contributed by atoms with Gasteiger partial charge >= 0.3 is 5.69 Å². The second-order valence-corrected chi connectivity index (χ2v) is 8.10. The van der Waals surface area contributed by atoms with Crippen molar-refractivity contribution in [1.29, 1.82) is 0 Å². The maximum Gasteiger partial charge on any atom is 0.332 e. The number of hydrogen-bond donors (Lipinski definition) is 1. The zero-order chi connectivity index (χ0) is 22.8. The maximum absolute atomic E-state index is 13.2. The molecular weight excluding hydrogens is 428 g/mol. The first-order valence-electron chi connectivity index (χ1n) is 9.87. The molecule has 4 rings (SSSR count). The molecule has 4 aromatic rings. The first-order valence-corrected chi connectivity index (χ1v) is 10.7. The number of Topliss-reactive ketones (excluding diaryl/α,β-unsaturated/α-hetero) is 1. The Kier molecular flexibility index (Phi) is 5.83. The van der Waals surface area contributed by atoms with E-state index in [0.29, 0.717) is 16.8 Å². The quantitative estimate of drug-likeness (QED) is 0.457. The van der Waals surface area contributed by atoms with E-state index >= 15 is 0 Å². The van der Waals surface area contributed by atoms with Crippen LogP contribution in [0.15, 0.2) is 63.5 Å². The lowest BCUT2D eigenvalue weighted by Crippen LogP contribution is -2.41. The molecule has 9 heteroatoms. The summed E-state index contributed by atoms with van der Waals surface area (Å²) in [5.41, 5.74) is 2.32. The van der Waals surface area contributed by atoms with Gasteiger partial charge in [0.05, 0.1) is 12.1 Å². The number of rotatable bonds is 6. The van der Waals surface area contributed by atoms with E-state index in [1.165, 1.54) is 11.5 Å². The van der Waals surface area contributed by atoms with Crippen LogP contribution in [-0.2, 0) is 17.9 Å². The molecule has 0 aliphatic heterocycles. The van der Waals surface area contributed by atoms with Crippen molar-refractivity contribution >= 4 is 39.9 Å². The van der Waals surface area contributed by atoms with Crippen molar-refractivity contribution < 1.29 is 9.59 Å². The fraction of sp³-hybridized carbons (Fsp3) is 0.174. The minimum absolute atomic E-state index is 0.0717. The van der Waals surface area contributed by atoms with Gasteiger partial charge in [0.2, 0.25) is 5.91 Å². The van der Waals surface area contributed by atoms with Gasteiger partial charge in [0.25, 0.3) is 5.56 Å². The number of aryl methyl sites for hydroxylation is 1. The van der Waals surface area contributed by atoms with Crippen molar-refractivity contribution in [3.05, 3.63) is 91.4 Å². The van der Waals surface area contributed by atoms with E-state index in [0.717, 1.165) is 27.2 Å². The van der Waals surface area contributed by atoms with Crippen LogP contribution in [0, 0.1) is 6.92 Å². The van der Waals surface area contributed by atoms with Crippen LogP contribution in [0.1, 0.15) is 28.4 Å². The van der Waals surface area contributed by atoms with Crippen LogP contribution in [0.3, 0.4) is 0 Å². The van der Waals surface area contributed by atoms with Crippen LogP contribution >= 0.6 is 11.5 Å². The Morgan fingerprint density at radius 3 is 2.34 bits per heavy atom. The van der Waals surface area contributed by atoms with Crippen molar-refractivity contribution in [3.8, 4) is 0 Å². The summed E-state index contributed by atoms with van der Waals surface area (Å²) in [6.07, 6.45) is 0. The highest BCUT2D eigenvalue weighted by Gasteiger charge is 2.17. The molecular formula is C23H20N4O4S. The lowest BCUT2D eigenvalue weighted by molar-refractivity contribution is -0.116. The number of carbonyl (C=O) groups excluding carboxylic acids is 2. The topological polar surface area (TPSA) is 103 Å². The van der Waals surface area contributed by atoms with Crippen molar-refractivity contribution in [2.24, 2.45) is 0 Å². The summed E-state index contributed by atoms with van der Waals surface area (Å²) in [5, 5.41) is 4.30. The number of anilines is 1. The molecule has 0 bridgehead atoms. The summed E-state index contributed by atoms with van der Waals surface area (Å²) in [5.74, 6) is -0.506. The van der Waals surface area contributed by atoms with E-state index in [9.17, 15) is 19.2 Å². The highest BCUT2D eigenvalue weighted by molar-refractivity contribution is 7.04. The van der Waals surface area contributed by atoms with Crippen molar-refractivity contribution in [3.63, 3.8) is 0 Å². The number of nitrogens with one attached hydrogen (secondary N) is 1. The Hall–Kier alpha value is -3.85. The Balaban J connectivity index is 1.65. The highest BCUT2D eigenvalue weighted by Crippen LogP contribution is 2.13. The van der Waals surface area contributed by atoms with Crippen LogP contribution in [0.25, 0.3) is 11.0 Å². The fourth-order valence-corrected chi connectivity index (χ4v) is 4.00. The van der Waals surface area contributed by atoms with Crippen LogP contribution < -0.4 is 16.6 Å². The number of benzene rings is 2. The third kappa shape index (κ3) is 4.28.